The van der Waals surface area contributed by atoms with E-state index in [1.165, 1.54) is 19.4 Å². The van der Waals surface area contributed by atoms with Gasteiger partial charge in [0.05, 0.1) is 6.61 Å². The number of nitrogens with one attached hydrogen (secondary N) is 1. The molecular weight excluding hydrogens is 308 g/mol. The van der Waals surface area contributed by atoms with Gasteiger partial charge in [0.2, 0.25) is 0 Å². The van der Waals surface area contributed by atoms with Crippen LogP contribution < -0.4 is 11.1 Å². The fourth-order valence-corrected chi connectivity index (χ4v) is 1.95. The van der Waals surface area contributed by atoms with Crippen molar-refractivity contribution in [1.82, 2.24) is 5.32 Å². The summed E-state index contributed by atoms with van der Waals surface area (Å²) in [6, 6.07) is 10.2. The summed E-state index contributed by atoms with van der Waals surface area (Å²) in [4.78, 5) is 22.6. The fourth-order valence-electron chi connectivity index (χ4n) is 1.95. The van der Waals surface area contributed by atoms with Crippen LogP contribution in [0.15, 0.2) is 30.3 Å². The molecule has 1 aromatic carbocycles. The van der Waals surface area contributed by atoms with Crippen LogP contribution in [-0.4, -0.2) is 37.4 Å². The van der Waals surface area contributed by atoms with E-state index in [1.54, 1.807) is 0 Å². The van der Waals surface area contributed by atoms with Gasteiger partial charge in [0.1, 0.15) is 0 Å². The van der Waals surface area contributed by atoms with E-state index in [1.807, 2.05) is 18.2 Å². The van der Waals surface area contributed by atoms with Gasteiger partial charge in [0.25, 0.3) is 5.91 Å². The van der Waals surface area contributed by atoms with Crippen LogP contribution in [0.2, 0.25) is 0 Å². The van der Waals surface area contributed by atoms with Gasteiger partial charge in [-0.1, -0.05) is 30.3 Å². The molecule has 6 nitrogen and oxygen atoms in total. The molecule has 0 radical (unpaired) electrons. The van der Waals surface area contributed by atoms with E-state index < -0.39 is 17.6 Å². The van der Waals surface area contributed by atoms with Gasteiger partial charge in [-0.25, -0.2) is 4.79 Å². The van der Waals surface area contributed by atoms with Crippen LogP contribution in [0.3, 0.4) is 0 Å². The molecule has 0 aliphatic heterocycles. The Morgan fingerprint density at radius 3 is 2.46 bits per heavy atom. The Morgan fingerprint density at radius 1 is 1.08 bits per heavy atom. The van der Waals surface area contributed by atoms with Crippen molar-refractivity contribution in [3.63, 3.8) is 0 Å². The molecule has 0 saturated heterocycles. The highest BCUT2D eigenvalue weighted by Gasteiger charge is 2.29. The molecule has 0 atom stereocenters. The smallest absolute Gasteiger partial charge is 0.408 e. The first-order valence-electron chi connectivity index (χ1n) is 8.30. The Morgan fingerprint density at radius 2 is 1.79 bits per heavy atom. The maximum atomic E-state index is 11.5. The third-order valence-electron chi connectivity index (χ3n) is 3.55. The van der Waals surface area contributed by atoms with E-state index >= 15 is 0 Å². The number of rotatable bonds is 11. The van der Waals surface area contributed by atoms with Crippen molar-refractivity contribution < 1.29 is 19.1 Å². The van der Waals surface area contributed by atoms with Gasteiger partial charge < -0.3 is 20.5 Å². The van der Waals surface area contributed by atoms with Crippen LogP contribution in [0.4, 0.5) is 4.79 Å². The van der Waals surface area contributed by atoms with Crippen molar-refractivity contribution in [2.45, 2.75) is 45.1 Å². The van der Waals surface area contributed by atoms with E-state index in [0.29, 0.717) is 13.2 Å². The third kappa shape index (κ3) is 8.53. The zero-order valence-electron chi connectivity index (χ0n) is 14.5. The Kier molecular flexibility index (Phi) is 8.86. The van der Waals surface area contributed by atoms with Gasteiger partial charge in [-0.15, -0.1) is 0 Å². The third-order valence-corrected chi connectivity index (χ3v) is 3.55. The molecule has 0 aliphatic carbocycles. The van der Waals surface area contributed by atoms with E-state index in [9.17, 15) is 9.59 Å². The van der Waals surface area contributed by atoms with Crippen LogP contribution >= 0.6 is 0 Å². The molecule has 0 heterocycles. The molecule has 0 saturated carbocycles. The molecule has 0 unspecified atom stereocenters. The van der Waals surface area contributed by atoms with E-state index in [2.05, 4.69) is 17.4 Å². The second kappa shape index (κ2) is 10.6. The van der Waals surface area contributed by atoms with Crippen molar-refractivity contribution >= 4 is 12.0 Å². The maximum Gasteiger partial charge on any atom is 0.408 e. The number of carbonyl (C=O) groups excluding carboxylic acids is 2. The number of hydrogen-bond acceptors (Lipinski definition) is 4. The van der Waals surface area contributed by atoms with Crippen molar-refractivity contribution in [2.75, 3.05) is 19.8 Å². The predicted octanol–water partition coefficient (Wildman–Crippen LogP) is 2.41. The first kappa shape index (κ1) is 20.0. The summed E-state index contributed by atoms with van der Waals surface area (Å²) in [6.07, 6.45) is 3.01. The lowest BCUT2D eigenvalue weighted by Crippen LogP contribution is -2.44. The van der Waals surface area contributed by atoms with Crippen LogP contribution in [0.1, 0.15) is 38.7 Å². The second-order valence-electron chi connectivity index (χ2n) is 6.10. The highest BCUT2D eigenvalue weighted by molar-refractivity contribution is 5.85. The first-order chi connectivity index (χ1) is 11.4. The minimum Gasteiger partial charge on any atom is -0.433 e. The highest BCUT2D eigenvalue weighted by atomic mass is 16.6. The van der Waals surface area contributed by atoms with E-state index in [4.69, 9.17) is 15.2 Å². The number of primary amides is 1. The lowest BCUT2D eigenvalue weighted by molar-refractivity contribution is -0.133. The summed E-state index contributed by atoms with van der Waals surface area (Å²) < 4.78 is 10.5. The van der Waals surface area contributed by atoms with E-state index in [0.717, 1.165) is 32.3 Å². The number of unbranched alkanes of at least 4 members (excludes halogenated alkanes) is 2. The molecule has 1 aromatic rings. The van der Waals surface area contributed by atoms with Gasteiger partial charge in [-0.2, -0.15) is 0 Å². The number of nitrogens with two attached hydrogens (primary N) is 1. The van der Waals surface area contributed by atoms with Crippen molar-refractivity contribution in [3.05, 3.63) is 35.9 Å². The van der Waals surface area contributed by atoms with E-state index in [-0.39, 0.29) is 0 Å². The monoisotopic (exact) mass is 336 g/mol. The summed E-state index contributed by atoms with van der Waals surface area (Å²) in [5.74, 6) is -0.676. The molecule has 134 valence electrons. The molecule has 0 bridgehead atoms. The molecule has 1 rings (SSSR count). The minimum absolute atomic E-state index is 0.498. The van der Waals surface area contributed by atoms with Crippen LogP contribution in [0.25, 0.3) is 0 Å². The Hall–Kier alpha value is -2.08. The SMILES string of the molecule is CC(C)(OC(=O)NCCCCCOCCc1ccccc1)C(N)=O. The zero-order valence-corrected chi connectivity index (χ0v) is 14.5. The second-order valence-corrected chi connectivity index (χ2v) is 6.10. The number of carbonyl (C=O) groups is 2. The molecular formula is C18H28N2O4. The standard InChI is InChI=1S/C18H28N2O4/c1-18(2,16(19)21)24-17(22)20-12-7-4-8-13-23-14-11-15-9-5-3-6-10-15/h3,5-6,9-10H,4,7-8,11-14H2,1-2H3,(H2,19,21)(H,20,22). The Bertz CT molecular complexity index is 503. The number of ether oxygens (including phenoxy) is 2. The Balaban J connectivity index is 1.95. The molecule has 24 heavy (non-hydrogen) atoms. The van der Waals surface area contributed by atoms with Crippen molar-refractivity contribution in [2.24, 2.45) is 5.73 Å². The molecule has 0 fully saturated rings. The summed E-state index contributed by atoms with van der Waals surface area (Å²) in [5.41, 5.74) is 5.11. The van der Waals surface area contributed by atoms with Gasteiger partial charge >= 0.3 is 6.09 Å². The first-order valence-corrected chi connectivity index (χ1v) is 8.30. The lowest BCUT2D eigenvalue weighted by Gasteiger charge is -2.21. The quantitative estimate of drug-likeness (QED) is 0.607. The number of hydrogen-bond donors (Lipinski definition) is 2. The minimum atomic E-state index is -1.29. The normalized spacial score (nSPS) is 11.1. The zero-order chi connectivity index (χ0) is 17.8. The maximum absolute atomic E-state index is 11.5. The Labute approximate surface area is 143 Å². The van der Waals surface area contributed by atoms with Gasteiger partial charge in [-0.05, 0) is 45.1 Å². The summed E-state index contributed by atoms with van der Waals surface area (Å²) in [7, 11) is 0. The number of benzene rings is 1. The molecule has 2 amide bonds. The summed E-state index contributed by atoms with van der Waals surface area (Å²) >= 11 is 0. The molecule has 3 N–H and O–H groups in total. The number of alkyl carbamates (subject to hydrolysis) is 1. The summed E-state index contributed by atoms with van der Waals surface area (Å²) in [5, 5.41) is 2.61. The summed E-state index contributed by atoms with van der Waals surface area (Å²) in [6.45, 7) is 4.85. The van der Waals surface area contributed by atoms with Crippen molar-refractivity contribution in [3.8, 4) is 0 Å². The molecule has 6 heteroatoms. The molecule has 0 aromatic heterocycles. The van der Waals surface area contributed by atoms with Gasteiger partial charge in [-0.3, -0.25) is 4.79 Å². The average Bonchev–Trinajstić information content (AvgIpc) is 2.53. The fraction of sp³-hybridized carbons (Fsp3) is 0.556. The van der Waals surface area contributed by atoms with Crippen LogP contribution in [0, 0.1) is 0 Å². The topological polar surface area (TPSA) is 90.7 Å². The molecule has 0 aliphatic rings. The van der Waals surface area contributed by atoms with Gasteiger partial charge in [0, 0.05) is 13.2 Å². The van der Waals surface area contributed by atoms with Crippen molar-refractivity contribution in [1.29, 1.82) is 0 Å². The lowest BCUT2D eigenvalue weighted by atomic mass is 10.1. The highest BCUT2D eigenvalue weighted by Crippen LogP contribution is 2.08. The largest absolute Gasteiger partial charge is 0.433 e. The molecule has 0 spiro atoms. The van der Waals surface area contributed by atoms with Gasteiger partial charge in [0.15, 0.2) is 5.60 Å². The average molecular weight is 336 g/mol. The predicted molar refractivity (Wildman–Crippen MR) is 92.6 cm³/mol. The number of amides is 2. The van der Waals surface area contributed by atoms with Crippen LogP contribution in [-0.2, 0) is 20.7 Å². The van der Waals surface area contributed by atoms with Crippen LogP contribution in [0.5, 0.6) is 0 Å².